The van der Waals surface area contributed by atoms with E-state index < -0.39 is 0 Å². The van der Waals surface area contributed by atoms with Gasteiger partial charge in [-0.25, -0.2) is 9.97 Å². The third-order valence-electron chi connectivity index (χ3n) is 4.62. The Kier molecular flexibility index (Phi) is 5.08. The molecule has 3 rings (SSSR count). The van der Waals surface area contributed by atoms with Gasteiger partial charge in [0.15, 0.2) is 0 Å². The van der Waals surface area contributed by atoms with Crippen molar-refractivity contribution in [2.45, 2.75) is 33.1 Å². The van der Waals surface area contributed by atoms with Crippen LogP contribution < -0.4 is 5.32 Å². The molecule has 2 heterocycles. The Balaban J connectivity index is 1.75. The van der Waals surface area contributed by atoms with Crippen LogP contribution in [0.15, 0.2) is 36.7 Å². The molecular formula is C19H24N4O. The lowest BCUT2D eigenvalue weighted by Crippen LogP contribution is -2.38. The number of aromatic nitrogens is 2. The molecule has 1 aromatic heterocycles. The molecule has 1 amide bonds. The van der Waals surface area contributed by atoms with Crippen molar-refractivity contribution >= 4 is 17.4 Å². The van der Waals surface area contributed by atoms with Gasteiger partial charge in [0.05, 0.1) is 0 Å². The van der Waals surface area contributed by atoms with Crippen molar-refractivity contribution in [1.82, 2.24) is 14.9 Å². The van der Waals surface area contributed by atoms with E-state index in [1.54, 1.807) is 6.07 Å². The minimum Gasteiger partial charge on any atom is -0.340 e. The van der Waals surface area contributed by atoms with Gasteiger partial charge in [0, 0.05) is 24.8 Å². The van der Waals surface area contributed by atoms with E-state index in [2.05, 4.69) is 35.2 Å². The third kappa shape index (κ3) is 3.72. The number of nitrogens with one attached hydrogen (secondary N) is 1. The van der Waals surface area contributed by atoms with E-state index >= 15 is 0 Å². The lowest BCUT2D eigenvalue weighted by Gasteiger charge is -2.30. The van der Waals surface area contributed by atoms with Crippen LogP contribution in [0.25, 0.3) is 0 Å². The first-order valence-electron chi connectivity index (χ1n) is 8.63. The van der Waals surface area contributed by atoms with Crippen LogP contribution in [-0.4, -0.2) is 33.9 Å². The van der Waals surface area contributed by atoms with Crippen LogP contribution in [0, 0.1) is 5.92 Å². The molecule has 1 aliphatic rings. The van der Waals surface area contributed by atoms with Crippen LogP contribution >= 0.6 is 0 Å². The Hall–Kier alpha value is -2.43. The van der Waals surface area contributed by atoms with E-state index in [-0.39, 0.29) is 5.91 Å². The fourth-order valence-electron chi connectivity index (χ4n) is 3.00. The summed E-state index contributed by atoms with van der Waals surface area (Å²) in [5.41, 5.74) is 2.69. The van der Waals surface area contributed by atoms with E-state index in [9.17, 15) is 4.79 Å². The van der Waals surface area contributed by atoms with Crippen molar-refractivity contribution in [3.05, 3.63) is 47.9 Å². The molecule has 0 radical (unpaired) electrons. The van der Waals surface area contributed by atoms with Gasteiger partial charge in [0.1, 0.15) is 17.8 Å². The largest absolute Gasteiger partial charge is 0.340 e. The maximum absolute atomic E-state index is 12.6. The van der Waals surface area contributed by atoms with Gasteiger partial charge in [-0.15, -0.1) is 0 Å². The summed E-state index contributed by atoms with van der Waals surface area (Å²) in [5, 5.41) is 3.31. The lowest BCUT2D eigenvalue weighted by atomic mass is 9.99. The van der Waals surface area contributed by atoms with E-state index in [4.69, 9.17) is 0 Å². The summed E-state index contributed by atoms with van der Waals surface area (Å²) in [6.07, 6.45) is 4.51. The molecule has 24 heavy (non-hydrogen) atoms. The number of benzene rings is 1. The number of carbonyl (C=O) groups is 1. The summed E-state index contributed by atoms with van der Waals surface area (Å²) < 4.78 is 0. The fraction of sp³-hybridized carbons (Fsp3) is 0.421. The normalized spacial score (nSPS) is 15.3. The first kappa shape index (κ1) is 16.4. The van der Waals surface area contributed by atoms with Crippen molar-refractivity contribution in [2.75, 3.05) is 18.4 Å². The number of piperidine rings is 1. The molecule has 5 nitrogen and oxygen atoms in total. The highest BCUT2D eigenvalue weighted by Gasteiger charge is 2.22. The Morgan fingerprint density at radius 3 is 2.75 bits per heavy atom. The zero-order chi connectivity index (χ0) is 16.9. The molecular weight excluding hydrogens is 300 g/mol. The number of likely N-dealkylation sites (tertiary alicyclic amines) is 1. The zero-order valence-corrected chi connectivity index (χ0v) is 14.3. The van der Waals surface area contributed by atoms with Crippen LogP contribution in [-0.2, 0) is 6.42 Å². The van der Waals surface area contributed by atoms with Gasteiger partial charge >= 0.3 is 0 Å². The summed E-state index contributed by atoms with van der Waals surface area (Å²) >= 11 is 0. The molecule has 1 N–H and O–H groups in total. The molecule has 1 saturated heterocycles. The van der Waals surface area contributed by atoms with Crippen LogP contribution in [0.1, 0.15) is 42.7 Å². The molecule has 126 valence electrons. The number of carbonyl (C=O) groups excluding carboxylic acids is 1. The average molecular weight is 324 g/mol. The number of anilines is 2. The Labute approximate surface area is 143 Å². The first-order valence-corrected chi connectivity index (χ1v) is 8.63. The van der Waals surface area contributed by atoms with E-state index in [0.29, 0.717) is 17.4 Å². The molecule has 0 bridgehead atoms. The van der Waals surface area contributed by atoms with Crippen molar-refractivity contribution in [3.63, 3.8) is 0 Å². The van der Waals surface area contributed by atoms with Crippen LogP contribution in [0.4, 0.5) is 11.5 Å². The number of hydrogen-bond acceptors (Lipinski definition) is 4. The average Bonchev–Trinajstić information content (AvgIpc) is 2.62. The molecule has 1 aromatic carbocycles. The van der Waals surface area contributed by atoms with Crippen LogP contribution in [0.3, 0.4) is 0 Å². The predicted molar refractivity (Wildman–Crippen MR) is 95.4 cm³/mol. The second-order valence-electron chi connectivity index (χ2n) is 6.40. The monoisotopic (exact) mass is 324 g/mol. The predicted octanol–water partition coefficient (Wildman–Crippen LogP) is 3.65. The highest BCUT2D eigenvalue weighted by Crippen LogP contribution is 2.21. The number of aryl methyl sites for hydroxylation is 1. The SMILES string of the molecule is CCc1ccccc1Nc1cc(C(=O)N2CCC(C)CC2)ncn1. The van der Waals surface area contributed by atoms with Gasteiger partial charge < -0.3 is 10.2 Å². The molecule has 0 spiro atoms. The highest BCUT2D eigenvalue weighted by molar-refractivity contribution is 5.93. The number of hydrogen-bond donors (Lipinski definition) is 1. The summed E-state index contributed by atoms with van der Waals surface area (Å²) in [6.45, 7) is 5.98. The quantitative estimate of drug-likeness (QED) is 0.932. The molecule has 5 heteroatoms. The molecule has 1 fully saturated rings. The number of para-hydroxylation sites is 1. The minimum atomic E-state index is -0.00359. The maximum Gasteiger partial charge on any atom is 0.272 e. The molecule has 0 unspecified atom stereocenters. The smallest absolute Gasteiger partial charge is 0.272 e. The van der Waals surface area contributed by atoms with Crippen LogP contribution in [0.2, 0.25) is 0 Å². The Morgan fingerprint density at radius 1 is 1.25 bits per heavy atom. The van der Waals surface area contributed by atoms with Crippen molar-refractivity contribution in [1.29, 1.82) is 0 Å². The van der Waals surface area contributed by atoms with Crippen LogP contribution in [0.5, 0.6) is 0 Å². The first-order chi connectivity index (χ1) is 11.7. The van der Waals surface area contributed by atoms with E-state index in [0.717, 1.165) is 38.0 Å². The molecule has 1 aliphatic heterocycles. The minimum absolute atomic E-state index is 0.00359. The molecule has 0 saturated carbocycles. The Bertz CT molecular complexity index is 708. The van der Waals surface area contributed by atoms with E-state index in [1.807, 2.05) is 23.1 Å². The van der Waals surface area contributed by atoms with Crippen molar-refractivity contribution in [3.8, 4) is 0 Å². The van der Waals surface area contributed by atoms with Gasteiger partial charge in [-0.05, 0) is 36.8 Å². The van der Waals surface area contributed by atoms with E-state index in [1.165, 1.54) is 11.9 Å². The standard InChI is InChI=1S/C19H24N4O/c1-3-15-6-4-5-7-16(15)22-18-12-17(20-13-21-18)19(24)23-10-8-14(2)9-11-23/h4-7,12-14H,3,8-11H2,1-2H3,(H,20,21,22). The van der Waals surface area contributed by atoms with Crippen molar-refractivity contribution in [2.24, 2.45) is 5.92 Å². The number of amides is 1. The van der Waals surface area contributed by atoms with Gasteiger partial charge in [0.25, 0.3) is 5.91 Å². The zero-order valence-electron chi connectivity index (χ0n) is 14.3. The van der Waals surface area contributed by atoms with Gasteiger partial charge in [0.2, 0.25) is 0 Å². The fourth-order valence-corrected chi connectivity index (χ4v) is 3.00. The summed E-state index contributed by atoms with van der Waals surface area (Å²) in [7, 11) is 0. The summed E-state index contributed by atoms with van der Waals surface area (Å²) in [6, 6.07) is 9.87. The molecule has 2 aromatic rings. The second kappa shape index (κ2) is 7.43. The molecule has 0 aliphatic carbocycles. The topological polar surface area (TPSA) is 58.1 Å². The summed E-state index contributed by atoms with van der Waals surface area (Å²) in [5.74, 6) is 1.35. The highest BCUT2D eigenvalue weighted by atomic mass is 16.2. The van der Waals surface area contributed by atoms with Gasteiger partial charge in [-0.1, -0.05) is 32.0 Å². The number of nitrogens with zero attached hydrogens (tertiary/aromatic N) is 3. The van der Waals surface area contributed by atoms with Gasteiger partial charge in [-0.2, -0.15) is 0 Å². The lowest BCUT2D eigenvalue weighted by molar-refractivity contribution is 0.0691. The van der Waals surface area contributed by atoms with Gasteiger partial charge in [-0.3, -0.25) is 4.79 Å². The second-order valence-corrected chi connectivity index (χ2v) is 6.40. The molecule has 0 atom stereocenters. The Morgan fingerprint density at radius 2 is 2.00 bits per heavy atom. The third-order valence-corrected chi connectivity index (χ3v) is 4.62. The van der Waals surface area contributed by atoms with Crippen molar-refractivity contribution < 1.29 is 4.79 Å². The summed E-state index contributed by atoms with van der Waals surface area (Å²) in [4.78, 5) is 23.0. The maximum atomic E-state index is 12.6. The number of rotatable bonds is 4.